The monoisotopic (exact) mass is 241 g/mol. The van der Waals surface area contributed by atoms with Crippen LogP contribution in [0.5, 0.6) is 0 Å². The fourth-order valence-corrected chi connectivity index (χ4v) is 2.74. The van der Waals surface area contributed by atoms with Gasteiger partial charge in [-0.25, -0.2) is 8.42 Å². The van der Waals surface area contributed by atoms with E-state index in [9.17, 15) is 8.42 Å². The Morgan fingerprint density at radius 1 is 1.56 bits per heavy atom. The van der Waals surface area contributed by atoms with Crippen molar-refractivity contribution in [1.29, 1.82) is 0 Å². The number of hydrogen-bond acceptors (Lipinski definition) is 4. The van der Waals surface area contributed by atoms with Gasteiger partial charge < -0.3 is 5.32 Å². The molecule has 1 saturated heterocycles. The van der Waals surface area contributed by atoms with Crippen LogP contribution in [0.25, 0.3) is 0 Å². The van der Waals surface area contributed by atoms with E-state index >= 15 is 0 Å². The topological polar surface area (TPSA) is 62.3 Å². The third-order valence-electron chi connectivity index (χ3n) is 2.65. The maximum Gasteiger partial charge on any atom is 0.211 e. The molecule has 1 aromatic rings. The van der Waals surface area contributed by atoms with Gasteiger partial charge in [-0.15, -0.1) is 0 Å². The average Bonchev–Trinajstić information content (AvgIpc) is 2.14. The minimum atomic E-state index is -3.16. The van der Waals surface area contributed by atoms with Gasteiger partial charge in [-0.05, 0) is 11.6 Å². The number of sulfonamides is 1. The van der Waals surface area contributed by atoms with Gasteiger partial charge in [0.15, 0.2) is 0 Å². The predicted molar refractivity (Wildman–Crippen MR) is 61.3 cm³/mol. The second kappa shape index (κ2) is 4.48. The Bertz CT molecular complexity index is 442. The number of hydrogen-bond donors (Lipinski definition) is 1. The summed E-state index contributed by atoms with van der Waals surface area (Å²) in [6.07, 6.45) is 4.63. The minimum Gasteiger partial charge on any atom is -0.313 e. The molecule has 0 radical (unpaired) electrons. The van der Waals surface area contributed by atoms with Gasteiger partial charge in [-0.2, -0.15) is 4.31 Å². The fraction of sp³-hybridized carbons (Fsp3) is 0.500. The molecule has 0 aliphatic carbocycles. The summed E-state index contributed by atoms with van der Waals surface area (Å²) in [7, 11) is -3.16. The first-order valence-electron chi connectivity index (χ1n) is 5.14. The number of pyridine rings is 1. The van der Waals surface area contributed by atoms with Gasteiger partial charge >= 0.3 is 0 Å². The largest absolute Gasteiger partial charge is 0.313 e. The van der Waals surface area contributed by atoms with Crippen LogP contribution in [0.3, 0.4) is 0 Å². The van der Waals surface area contributed by atoms with Crippen molar-refractivity contribution in [3.8, 4) is 0 Å². The van der Waals surface area contributed by atoms with Crippen molar-refractivity contribution in [1.82, 2.24) is 14.6 Å². The molecule has 1 aromatic heterocycles. The summed E-state index contributed by atoms with van der Waals surface area (Å²) in [5.41, 5.74) is 0.917. The van der Waals surface area contributed by atoms with Crippen molar-refractivity contribution < 1.29 is 8.42 Å². The van der Waals surface area contributed by atoms with Crippen molar-refractivity contribution >= 4 is 10.0 Å². The quantitative estimate of drug-likeness (QED) is 0.794. The molecule has 0 amide bonds. The van der Waals surface area contributed by atoms with E-state index < -0.39 is 10.0 Å². The van der Waals surface area contributed by atoms with Crippen LogP contribution in [-0.4, -0.2) is 43.1 Å². The summed E-state index contributed by atoms with van der Waals surface area (Å²) in [5, 5.41) is 3.08. The lowest BCUT2D eigenvalue weighted by atomic mass is 10.1. The number of rotatable bonds is 4. The van der Waals surface area contributed by atoms with E-state index in [1.54, 1.807) is 12.4 Å². The Labute approximate surface area is 95.5 Å². The van der Waals surface area contributed by atoms with Crippen molar-refractivity contribution in [3.63, 3.8) is 0 Å². The maximum atomic E-state index is 11.6. The maximum absolute atomic E-state index is 11.6. The van der Waals surface area contributed by atoms with Crippen LogP contribution in [0.15, 0.2) is 24.5 Å². The van der Waals surface area contributed by atoms with E-state index in [2.05, 4.69) is 10.3 Å². The van der Waals surface area contributed by atoms with Gasteiger partial charge in [-0.1, -0.05) is 6.07 Å². The van der Waals surface area contributed by atoms with Crippen molar-refractivity contribution in [2.45, 2.75) is 12.6 Å². The highest BCUT2D eigenvalue weighted by atomic mass is 32.2. The Morgan fingerprint density at radius 3 is 2.75 bits per heavy atom. The zero-order valence-corrected chi connectivity index (χ0v) is 9.94. The number of aromatic nitrogens is 1. The minimum absolute atomic E-state index is 0.0789. The Balaban J connectivity index is 2.14. The molecule has 2 heterocycles. The van der Waals surface area contributed by atoms with E-state index in [1.807, 2.05) is 12.1 Å². The number of nitrogens with one attached hydrogen (secondary N) is 1. The molecule has 0 aromatic carbocycles. The van der Waals surface area contributed by atoms with Gasteiger partial charge in [0.1, 0.15) is 0 Å². The number of nitrogens with zero attached hydrogens (tertiary/aromatic N) is 2. The molecule has 0 saturated carbocycles. The molecule has 88 valence electrons. The average molecular weight is 241 g/mol. The Kier molecular flexibility index (Phi) is 3.22. The molecule has 1 fully saturated rings. The lowest BCUT2D eigenvalue weighted by Gasteiger charge is -2.36. The first-order valence-corrected chi connectivity index (χ1v) is 6.98. The summed E-state index contributed by atoms with van der Waals surface area (Å²) >= 11 is 0. The second-order valence-electron chi connectivity index (χ2n) is 3.98. The zero-order chi connectivity index (χ0) is 11.6. The standard InChI is InChI=1S/C10H15N3O2S/c1-16(14,15)13(10-6-12-7-10)8-9-3-2-4-11-5-9/h2-5,10,12H,6-8H2,1H3. The van der Waals surface area contributed by atoms with E-state index in [4.69, 9.17) is 0 Å². The molecule has 16 heavy (non-hydrogen) atoms. The predicted octanol–water partition coefficient (Wildman–Crippen LogP) is -0.185. The summed E-state index contributed by atoms with van der Waals surface area (Å²) in [6, 6.07) is 3.78. The molecule has 1 aliphatic rings. The van der Waals surface area contributed by atoms with Crippen molar-refractivity contribution in [2.75, 3.05) is 19.3 Å². The SMILES string of the molecule is CS(=O)(=O)N(Cc1cccnc1)C1CNC1. The Hall–Kier alpha value is -0.980. The van der Waals surface area contributed by atoms with Gasteiger partial charge in [-0.3, -0.25) is 4.98 Å². The molecule has 5 nitrogen and oxygen atoms in total. The first kappa shape index (κ1) is 11.5. The molecule has 1 aliphatic heterocycles. The third kappa shape index (κ3) is 2.58. The van der Waals surface area contributed by atoms with Gasteiger partial charge in [0.2, 0.25) is 10.0 Å². The van der Waals surface area contributed by atoms with Crippen LogP contribution >= 0.6 is 0 Å². The van der Waals surface area contributed by atoms with Crippen molar-refractivity contribution in [3.05, 3.63) is 30.1 Å². The Morgan fingerprint density at radius 2 is 2.31 bits per heavy atom. The van der Waals surface area contributed by atoms with Crippen LogP contribution in [0, 0.1) is 0 Å². The van der Waals surface area contributed by atoms with E-state index in [0.29, 0.717) is 6.54 Å². The van der Waals surface area contributed by atoms with E-state index in [1.165, 1.54) is 10.6 Å². The highest BCUT2D eigenvalue weighted by Crippen LogP contribution is 2.14. The van der Waals surface area contributed by atoms with Crippen LogP contribution in [0.4, 0.5) is 0 Å². The fourth-order valence-electron chi connectivity index (χ4n) is 1.67. The molecule has 0 atom stereocenters. The lowest BCUT2D eigenvalue weighted by molar-refractivity contribution is 0.237. The van der Waals surface area contributed by atoms with E-state index in [-0.39, 0.29) is 6.04 Å². The van der Waals surface area contributed by atoms with Crippen LogP contribution in [0.1, 0.15) is 5.56 Å². The second-order valence-corrected chi connectivity index (χ2v) is 5.92. The summed E-state index contributed by atoms with van der Waals surface area (Å²) < 4.78 is 24.8. The third-order valence-corrected chi connectivity index (χ3v) is 3.93. The smallest absolute Gasteiger partial charge is 0.211 e. The summed E-state index contributed by atoms with van der Waals surface area (Å²) in [6.45, 7) is 1.86. The lowest BCUT2D eigenvalue weighted by Crippen LogP contribution is -2.58. The van der Waals surface area contributed by atoms with Gasteiger partial charge in [0.25, 0.3) is 0 Å². The molecule has 0 bridgehead atoms. The van der Waals surface area contributed by atoms with Crippen LogP contribution < -0.4 is 5.32 Å². The molecule has 1 N–H and O–H groups in total. The highest BCUT2D eigenvalue weighted by molar-refractivity contribution is 7.88. The summed E-state index contributed by atoms with van der Waals surface area (Å²) in [5.74, 6) is 0. The van der Waals surface area contributed by atoms with Crippen molar-refractivity contribution in [2.24, 2.45) is 0 Å². The van der Waals surface area contributed by atoms with Gasteiger partial charge in [0, 0.05) is 32.0 Å². The normalized spacial score (nSPS) is 17.4. The zero-order valence-electron chi connectivity index (χ0n) is 9.13. The highest BCUT2D eigenvalue weighted by Gasteiger charge is 2.30. The van der Waals surface area contributed by atoms with Crippen LogP contribution in [-0.2, 0) is 16.6 Å². The first-order chi connectivity index (χ1) is 7.57. The van der Waals surface area contributed by atoms with E-state index in [0.717, 1.165) is 18.7 Å². The van der Waals surface area contributed by atoms with Gasteiger partial charge in [0.05, 0.1) is 12.3 Å². The molecule has 0 unspecified atom stereocenters. The van der Waals surface area contributed by atoms with Crippen LogP contribution in [0.2, 0.25) is 0 Å². The molecule has 6 heteroatoms. The molecular formula is C10H15N3O2S. The summed E-state index contributed by atoms with van der Waals surface area (Å²) in [4.78, 5) is 3.99. The molecular weight excluding hydrogens is 226 g/mol. The molecule has 2 rings (SSSR count). The molecule has 0 spiro atoms.